The van der Waals surface area contributed by atoms with Gasteiger partial charge in [-0.15, -0.1) is 0 Å². The molecule has 1 atom stereocenters. The van der Waals surface area contributed by atoms with Gasteiger partial charge in [-0.1, -0.05) is 43.2 Å². The van der Waals surface area contributed by atoms with E-state index in [1.54, 1.807) is 0 Å². The van der Waals surface area contributed by atoms with Gasteiger partial charge in [-0.25, -0.2) is 4.89 Å². The Bertz CT molecular complexity index is 304. The molecule has 0 heterocycles. The van der Waals surface area contributed by atoms with E-state index in [-0.39, 0.29) is 0 Å². The highest BCUT2D eigenvalue weighted by Crippen LogP contribution is 2.42. The molecular weight excluding hydrogens is 188 g/mol. The van der Waals surface area contributed by atoms with E-state index < -0.39 is 5.60 Å². The number of hydrogen-bond acceptors (Lipinski definition) is 2. The fourth-order valence-corrected chi connectivity index (χ4v) is 2.61. The summed E-state index contributed by atoms with van der Waals surface area (Å²) >= 11 is 0. The van der Waals surface area contributed by atoms with E-state index >= 15 is 0 Å². The predicted molar refractivity (Wildman–Crippen MR) is 59.5 cm³/mol. The molecule has 1 aliphatic carbocycles. The summed E-state index contributed by atoms with van der Waals surface area (Å²) < 4.78 is 0. The van der Waals surface area contributed by atoms with E-state index in [0.29, 0.717) is 5.92 Å². The Kier molecular flexibility index (Phi) is 3.08. The van der Waals surface area contributed by atoms with Gasteiger partial charge in [0.05, 0.1) is 0 Å². The van der Waals surface area contributed by atoms with Crippen LogP contribution >= 0.6 is 0 Å². The lowest BCUT2D eigenvalue weighted by Crippen LogP contribution is -2.32. The normalized spacial score (nSPS) is 21.5. The van der Waals surface area contributed by atoms with Crippen LogP contribution in [0, 0.1) is 5.92 Å². The fourth-order valence-electron chi connectivity index (χ4n) is 2.61. The van der Waals surface area contributed by atoms with Gasteiger partial charge in [0.25, 0.3) is 0 Å². The SMILES string of the molecule is C[C@](OO)(c1ccccc1)C1CCCC1. The summed E-state index contributed by atoms with van der Waals surface area (Å²) in [5.41, 5.74) is 0.539. The van der Waals surface area contributed by atoms with E-state index in [4.69, 9.17) is 4.89 Å². The van der Waals surface area contributed by atoms with E-state index in [0.717, 1.165) is 18.4 Å². The summed E-state index contributed by atoms with van der Waals surface area (Å²) in [6.07, 6.45) is 4.78. The molecule has 0 radical (unpaired) electrons. The molecule has 2 rings (SSSR count). The van der Waals surface area contributed by atoms with Gasteiger partial charge in [-0.2, -0.15) is 0 Å². The highest BCUT2D eigenvalue weighted by atomic mass is 17.1. The average Bonchev–Trinajstić information content (AvgIpc) is 2.83. The van der Waals surface area contributed by atoms with Crippen LogP contribution in [0.5, 0.6) is 0 Å². The molecule has 1 saturated carbocycles. The maximum Gasteiger partial charge on any atom is 0.128 e. The lowest BCUT2D eigenvalue weighted by atomic mass is 9.82. The van der Waals surface area contributed by atoms with Crippen molar-refractivity contribution >= 4 is 0 Å². The molecule has 1 N–H and O–H groups in total. The third kappa shape index (κ3) is 1.92. The second-order valence-electron chi connectivity index (χ2n) is 4.55. The van der Waals surface area contributed by atoms with Crippen LogP contribution < -0.4 is 0 Å². The van der Waals surface area contributed by atoms with E-state index in [1.807, 2.05) is 37.3 Å². The Morgan fingerprint density at radius 2 is 1.80 bits per heavy atom. The summed E-state index contributed by atoms with van der Waals surface area (Å²) in [6.45, 7) is 1.98. The Morgan fingerprint density at radius 1 is 1.20 bits per heavy atom. The second kappa shape index (κ2) is 4.33. The van der Waals surface area contributed by atoms with E-state index in [1.165, 1.54) is 12.8 Å². The van der Waals surface area contributed by atoms with Crippen molar-refractivity contribution < 1.29 is 10.1 Å². The minimum absolute atomic E-state index is 0.435. The van der Waals surface area contributed by atoms with Crippen molar-refractivity contribution in [1.82, 2.24) is 0 Å². The smallest absolute Gasteiger partial charge is 0.128 e. The Balaban J connectivity index is 2.28. The molecular formula is C13H18O2. The zero-order valence-electron chi connectivity index (χ0n) is 9.15. The summed E-state index contributed by atoms with van der Waals surface area (Å²) in [5.74, 6) is 0.435. The van der Waals surface area contributed by atoms with Crippen molar-refractivity contribution in [2.45, 2.75) is 38.2 Å². The fraction of sp³-hybridized carbons (Fsp3) is 0.538. The van der Waals surface area contributed by atoms with Crippen LogP contribution in [-0.2, 0) is 10.5 Å². The van der Waals surface area contributed by atoms with Gasteiger partial charge in [-0.05, 0) is 31.2 Å². The molecule has 0 aliphatic heterocycles. The maximum atomic E-state index is 9.20. The average molecular weight is 206 g/mol. The minimum Gasteiger partial charge on any atom is -0.251 e. The first kappa shape index (κ1) is 10.7. The molecule has 0 aromatic heterocycles. The third-order valence-corrected chi connectivity index (χ3v) is 3.67. The van der Waals surface area contributed by atoms with Gasteiger partial charge in [0.15, 0.2) is 0 Å². The molecule has 1 aromatic carbocycles. The largest absolute Gasteiger partial charge is 0.251 e. The Hall–Kier alpha value is -0.860. The van der Waals surface area contributed by atoms with Gasteiger partial charge in [0, 0.05) is 0 Å². The summed E-state index contributed by atoms with van der Waals surface area (Å²) in [5, 5.41) is 9.20. The van der Waals surface area contributed by atoms with Crippen molar-refractivity contribution in [2.24, 2.45) is 5.92 Å². The van der Waals surface area contributed by atoms with Gasteiger partial charge < -0.3 is 0 Å². The molecule has 2 heteroatoms. The van der Waals surface area contributed by atoms with Gasteiger partial charge in [0.1, 0.15) is 5.60 Å². The highest BCUT2D eigenvalue weighted by molar-refractivity contribution is 5.23. The van der Waals surface area contributed by atoms with Gasteiger partial charge >= 0.3 is 0 Å². The monoisotopic (exact) mass is 206 g/mol. The van der Waals surface area contributed by atoms with Crippen molar-refractivity contribution in [1.29, 1.82) is 0 Å². The highest BCUT2D eigenvalue weighted by Gasteiger charge is 2.39. The molecule has 2 nitrogen and oxygen atoms in total. The molecule has 1 aromatic rings. The first-order valence-electron chi connectivity index (χ1n) is 5.65. The zero-order chi connectivity index (χ0) is 10.7. The van der Waals surface area contributed by atoms with Crippen LogP contribution in [-0.4, -0.2) is 5.26 Å². The first-order valence-corrected chi connectivity index (χ1v) is 5.65. The summed E-state index contributed by atoms with van der Waals surface area (Å²) in [4.78, 5) is 4.81. The van der Waals surface area contributed by atoms with Crippen LogP contribution in [0.15, 0.2) is 30.3 Å². The van der Waals surface area contributed by atoms with Crippen molar-refractivity contribution in [3.8, 4) is 0 Å². The number of rotatable bonds is 3. The minimum atomic E-state index is -0.530. The zero-order valence-corrected chi connectivity index (χ0v) is 9.15. The van der Waals surface area contributed by atoms with Crippen LogP contribution in [0.4, 0.5) is 0 Å². The van der Waals surface area contributed by atoms with Crippen LogP contribution in [0.2, 0.25) is 0 Å². The summed E-state index contributed by atoms with van der Waals surface area (Å²) in [6, 6.07) is 10.0. The molecule has 1 aliphatic rings. The molecule has 82 valence electrons. The maximum absolute atomic E-state index is 9.20. The molecule has 1 fully saturated rings. The molecule has 0 amide bonds. The van der Waals surface area contributed by atoms with Crippen molar-refractivity contribution in [3.05, 3.63) is 35.9 Å². The van der Waals surface area contributed by atoms with Crippen LogP contribution in [0.3, 0.4) is 0 Å². The van der Waals surface area contributed by atoms with Crippen LogP contribution in [0.25, 0.3) is 0 Å². The topological polar surface area (TPSA) is 29.5 Å². The predicted octanol–water partition coefficient (Wildman–Crippen LogP) is 3.58. The standard InChI is InChI=1S/C13H18O2/c1-13(15-14,12-9-5-6-10-12)11-7-3-2-4-8-11/h2-4,7-8,12,14H,5-6,9-10H2,1H3/t13-/m0/s1. The Morgan fingerprint density at radius 3 is 2.33 bits per heavy atom. The summed E-state index contributed by atoms with van der Waals surface area (Å²) in [7, 11) is 0. The number of hydrogen-bond donors (Lipinski definition) is 1. The molecule has 0 saturated heterocycles. The Labute approximate surface area is 90.8 Å². The molecule has 0 unspecified atom stereocenters. The molecule has 0 bridgehead atoms. The second-order valence-corrected chi connectivity index (χ2v) is 4.55. The van der Waals surface area contributed by atoms with Gasteiger partial charge in [-0.3, -0.25) is 5.26 Å². The number of benzene rings is 1. The third-order valence-electron chi connectivity index (χ3n) is 3.67. The quantitative estimate of drug-likeness (QED) is 0.605. The first-order chi connectivity index (χ1) is 7.27. The lowest BCUT2D eigenvalue weighted by Gasteiger charge is -2.32. The molecule has 15 heavy (non-hydrogen) atoms. The van der Waals surface area contributed by atoms with E-state index in [9.17, 15) is 5.26 Å². The van der Waals surface area contributed by atoms with Crippen molar-refractivity contribution in [3.63, 3.8) is 0 Å². The van der Waals surface area contributed by atoms with E-state index in [2.05, 4.69) is 0 Å². The van der Waals surface area contributed by atoms with Crippen LogP contribution in [0.1, 0.15) is 38.2 Å². The lowest BCUT2D eigenvalue weighted by molar-refractivity contribution is -0.338. The van der Waals surface area contributed by atoms with Gasteiger partial charge in [0.2, 0.25) is 0 Å². The van der Waals surface area contributed by atoms with Crippen molar-refractivity contribution in [2.75, 3.05) is 0 Å². The molecule has 0 spiro atoms.